The summed E-state index contributed by atoms with van der Waals surface area (Å²) in [6.45, 7) is 4.15. The molecule has 0 radical (unpaired) electrons. The Balaban J connectivity index is 1.25. The molecule has 220 valence electrons. The highest BCUT2D eigenvalue weighted by atomic mass is 16.7. The lowest BCUT2D eigenvalue weighted by Gasteiger charge is -2.33. The third kappa shape index (κ3) is 6.13. The Bertz CT molecular complexity index is 1610. The maximum atomic E-state index is 13.8. The van der Waals surface area contributed by atoms with E-state index in [1.165, 1.54) is 18.1 Å². The molecule has 2 aliphatic heterocycles. The van der Waals surface area contributed by atoms with E-state index >= 15 is 0 Å². The van der Waals surface area contributed by atoms with Crippen molar-refractivity contribution in [3.05, 3.63) is 114 Å². The van der Waals surface area contributed by atoms with Crippen molar-refractivity contribution < 1.29 is 23.8 Å². The fourth-order valence-electron chi connectivity index (χ4n) is 5.30. The molecule has 1 fully saturated rings. The van der Waals surface area contributed by atoms with Gasteiger partial charge in [-0.3, -0.25) is 14.5 Å². The van der Waals surface area contributed by atoms with Crippen LogP contribution >= 0.6 is 0 Å². The molecule has 1 atom stereocenters. The van der Waals surface area contributed by atoms with Gasteiger partial charge >= 0.3 is 11.7 Å². The van der Waals surface area contributed by atoms with Crippen LogP contribution in [-0.2, 0) is 32.0 Å². The first-order valence-corrected chi connectivity index (χ1v) is 14.1. The van der Waals surface area contributed by atoms with Crippen molar-refractivity contribution in [2.45, 2.75) is 24.8 Å². The van der Waals surface area contributed by atoms with E-state index in [2.05, 4.69) is 27.3 Å². The number of ether oxygens (including phenoxy) is 3. The second kappa shape index (κ2) is 12.5. The van der Waals surface area contributed by atoms with Gasteiger partial charge in [0.25, 0.3) is 5.91 Å². The number of nitrogens with one attached hydrogen (secondary N) is 1. The number of nitrogens with two attached hydrogens (primary N) is 1. The average Bonchev–Trinajstić information content (AvgIpc) is 3.74. The fourth-order valence-corrected chi connectivity index (χ4v) is 5.30. The minimum absolute atomic E-state index is 0.222. The van der Waals surface area contributed by atoms with E-state index in [-0.39, 0.29) is 12.0 Å². The number of pyridine rings is 1. The molecule has 2 aliphatic rings. The van der Waals surface area contributed by atoms with Crippen molar-refractivity contribution in [3.63, 3.8) is 0 Å². The smallest absolute Gasteiger partial charge is 0.352 e. The van der Waals surface area contributed by atoms with Crippen LogP contribution in [-0.4, -0.2) is 69.6 Å². The van der Waals surface area contributed by atoms with Crippen LogP contribution in [0.5, 0.6) is 0 Å². The Morgan fingerprint density at radius 1 is 0.953 bits per heavy atom. The van der Waals surface area contributed by atoms with E-state index in [0.29, 0.717) is 5.82 Å². The third-order valence-corrected chi connectivity index (χ3v) is 7.50. The van der Waals surface area contributed by atoms with Crippen molar-refractivity contribution in [1.29, 1.82) is 0 Å². The Labute approximate surface area is 248 Å². The molecule has 0 bridgehead atoms. The number of hydrogen-bond donors (Lipinski definition) is 2. The van der Waals surface area contributed by atoms with Crippen LogP contribution in [0.15, 0.2) is 97.7 Å². The van der Waals surface area contributed by atoms with Gasteiger partial charge in [-0.15, -0.1) is 0 Å². The Morgan fingerprint density at radius 2 is 1.72 bits per heavy atom. The van der Waals surface area contributed by atoms with E-state index < -0.39 is 23.6 Å². The van der Waals surface area contributed by atoms with Crippen LogP contribution in [0.3, 0.4) is 0 Å². The lowest BCUT2D eigenvalue weighted by Crippen LogP contribution is -2.61. The zero-order valence-electron chi connectivity index (χ0n) is 23.5. The molecule has 0 aliphatic carbocycles. The minimum atomic E-state index is -1.90. The molecule has 2 amide bonds. The highest BCUT2D eigenvalue weighted by molar-refractivity contribution is 5.98. The Hall–Kier alpha value is -5.00. The standard InChI is InChI=1S/C32H32N6O5/c33-31(40)32(42-18-19-43-32)28(21-23-6-2-1-3-7-23)35-30(39)26-10-5-12-34-29(26)38-13-11-27(36-38)25-9-4-8-24(20-25)22-37-14-16-41-17-15-37/h1-13,18-20,28H,14-17,21-22H2,(H2,33,40)(H,35,39). The second-order valence-electron chi connectivity index (χ2n) is 10.4. The summed E-state index contributed by atoms with van der Waals surface area (Å²) in [5.41, 5.74) is 9.72. The zero-order valence-corrected chi connectivity index (χ0v) is 23.5. The monoisotopic (exact) mass is 580 g/mol. The molecule has 11 nitrogen and oxygen atoms in total. The van der Waals surface area contributed by atoms with Crippen molar-refractivity contribution in [3.8, 4) is 17.1 Å². The minimum Gasteiger partial charge on any atom is -0.447 e. The molecule has 43 heavy (non-hydrogen) atoms. The fraction of sp³-hybridized carbons (Fsp3) is 0.250. The summed E-state index contributed by atoms with van der Waals surface area (Å²) in [7, 11) is 0. The molecular weight excluding hydrogens is 548 g/mol. The number of amides is 2. The van der Waals surface area contributed by atoms with Gasteiger partial charge in [-0.25, -0.2) is 9.67 Å². The molecule has 11 heteroatoms. The predicted molar refractivity (Wildman–Crippen MR) is 158 cm³/mol. The van der Waals surface area contributed by atoms with Gasteiger partial charge in [0, 0.05) is 44.0 Å². The van der Waals surface area contributed by atoms with Gasteiger partial charge in [-0.2, -0.15) is 5.10 Å². The molecule has 0 spiro atoms. The van der Waals surface area contributed by atoms with E-state index in [4.69, 9.17) is 25.0 Å². The molecule has 3 N–H and O–H groups in total. The number of rotatable bonds is 10. The van der Waals surface area contributed by atoms with Crippen molar-refractivity contribution in [2.75, 3.05) is 26.3 Å². The quantitative estimate of drug-likeness (QED) is 0.293. The normalized spacial score (nSPS) is 16.7. The molecule has 2 aromatic heterocycles. The SMILES string of the molecule is NC(=O)C1(C(Cc2ccccc2)NC(=O)c2cccnc2-n2ccc(-c3cccc(CN4CCOCC4)c3)n2)OC=CO1. The number of benzene rings is 2. The number of carbonyl (C=O) groups excluding carboxylic acids is 2. The topological polar surface area (TPSA) is 134 Å². The highest BCUT2D eigenvalue weighted by Gasteiger charge is 2.51. The highest BCUT2D eigenvalue weighted by Crippen LogP contribution is 2.28. The van der Waals surface area contributed by atoms with Gasteiger partial charge in [0.2, 0.25) is 0 Å². The number of primary amides is 1. The summed E-state index contributed by atoms with van der Waals surface area (Å²) < 4.78 is 18.2. The summed E-state index contributed by atoms with van der Waals surface area (Å²) in [6.07, 6.45) is 6.06. The summed E-state index contributed by atoms with van der Waals surface area (Å²) in [4.78, 5) is 33.2. The largest absolute Gasteiger partial charge is 0.447 e. The number of aromatic nitrogens is 3. The van der Waals surface area contributed by atoms with Gasteiger partial charge in [-0.1, -0.05) is 48.5 Å². The summed E-state index contributed by atoms with van der Waals surface area (Å²) in [5, 5.41) is 7.67. The van der Waals surface area contributed by atoms with Crippen molar-refractivity contribution in [2.24, 2.45) is 5.73 Å². The molecule has 6 rings (SSSR count). The van der Waals surface area contributed by atoms with Crippen LogP contribution in [0.4, 0.5) is 0 Å². The van der Waals surface area contributed by atoms with Crippen molar-refractivity contribution in [1.82, 2.24) is 25.0 Å². The molecular formula is C32H32N6O5. The van der Waals surface area contributed by atoms with Crippen LogP contribution in [0.2, 0.25) is 0 Å². The lowest BCUT2D eigenvalue weighted by molar-refractivity contribution is -0.182. The molecule has 2 aromatic carbocycles. The predicted octanol–water partition coefficient (Wildman–Crippen LogP) is 2.81. The lowest BCUT2D eigenvalue weighted by atomic mass is 9.97. The first-order valence-electron chi connectivity index (χ1n) is 14.1. The van der Waals surface area contributed by atoms with E-state index in [1.54, 1.807) is 29.2 Å². The molecule has 4 heterocycles. The molecule has 0 saturated carbocycles. The number of carbonyl (C=O) groups is 2. The molecule has 1 saturated heterocycles. The van der Waals surface area contributed by atoms with Gasteiger partial charge in [0.05, 0.1) is 24.5 Å². The van der Waals surface area contributed by atoms with Crippen LogP contribution in [0.1, 0.15) is 21.5 Å². The van der Waals surface area contributed by atoms with Gasteiger partial charge in [-0.05, 0) is 35.4 Å². The summed E-state index contributed by atoms with van der Waals surface area (Å²) in [5.74, 6) is -2.93. The van der Waals surface area contributed by atoms with Gasteiger partial charge in [0.1, 0.15) is 18.6 Å². The zero-order chi connectivity index (χ0) is 29.6. The van der Waals surface area contributed by atoms with Gasteiger partial charge < -0.3 is 25.3 Å². The average molecular weight is 581 g/mol. The maximum absolute atomic E-state index is 13.8. The Kier molecular flexibility index (Phi) is 8.16. The van der Waals surface area contributed by atoms with E-state index in [1.807, 2.05) is 48.5 Å². The van der Waals surface area contributed by atoms with Crippen LogP contribution in [0, 0.1) is 0 Å². The van der Waals surface area contributed by atoms with Crippen molar-refractivity contribution >= 4 is 11.8 Å². The Morgan fingerprint density at radius 3 is 2.49 bits per heavy atom. The number of morpholine rings is 1. The third-order valence-electron chi connectivity index (χ3n) is 7.50. The first-order chi connectivity index (χ1) is 21.0. The van der Waals surface area contributed by atoms with Crippen LogP contribution < -0.4 is 11.1 Å². The summed E-state index contributed by atoms with van der Waals surface area (Å²) in [6, 6.07) is 21.9. The van der Waals surface area contributed by atoms with E-state index in [9.17, 15) is 9.59 Å². The second-order valence-corrected chi connectivity index (χ2v) is 10.4. The number of hydrogen-bond acceptors (Lipinski definition) is 8. The number of nitrogens with zero attached hydrogens (tertiary/aromatic N) is 4. The van der Waals surface area contributed by atoms with Gasteiger partial charge in [0.15, 0.2) is 5.82 Å². The first kappa shape index (κ1) is 28.1. The molecule has 1 unspecified atom stereocenters. The van der Waals surface area contributed by atoms with Crippen LogP contribution in [0.25, 0.3) is 17.1 Å². The van der Waals surface area contributed by atoms with E-state index in [0.717, 1.165) is 49.7 Å². The maximum Gasteiger partial charge on any atom is 0.352 e. The molecule has 4 aromatic rings. The summed E-state index contributed by atoms with van der Waals surface area (Å²) >= 11 is 0.